The zero-order chi connectivity index (χ0) is 41.0. The van der Waals surface area contributed by atoms with Gasteiger partial charge in [0.05, 0.1) is 17.2 Å². The number of aromatic amines is 1. The average molecular weight is 812 g/mol. The van der Waals surface area contributed by atoms with Gasteiger partial charge in [-0.3, -0.25) is 29.4 Å². The number of amides is 3. The Bertz CT molecular complexity index is 2400. The van der Waals surface area contributed by atoms with Gasteiger partial charge >= 0.3 is 0 Å². The van der Waals surface area contributed by atoms with Crippen LogP contribution in [0.1, 0.15) is 114 Å². The fraction of sp³-hybridized carbons (Fsp3) is 0.468. The SMILES string of the molecule is CCc1cc2c(cc1N1CCC(N3CCN(CCCCSc4cccc5c4CN(C4CCC(=O)NC4=O)C5=O)CC3)CC1)C(C)(C)c1[nH]c3cc(C#N)ccc3c1C2=O. The number of piperazine rings is 1. The number of aryl methyl sites for hydroxylation is 1. The maximum Gasteiger partial charge on any atom is 0.255 e. The summed E-state index contributed by atoms with van der Waals surface area (Å²) < 4.78 is 0. The molecule has 4 aliphatic heterocycles. The van der Waals surface area contributed by atoms with Crippen LogP contribution >= 0.6 is 11.8 Å². The molecule has 3 aromatic carbocycles. The molecule has 4 aromatic rings. The number of thioether (sulfide) groups is 1. The predicted molar refractivity (Wildman–Crippen MR) is 230 cm³/mol. The molecule has 0 saturated carbocycles. The van der Waals surface area contributed by atoms with Crippen molar-refractivity contribution < 1.29 is 19.2 Å². The third-order valence-electron chi connectivity index (χ3n) is 13.7. The number of H-pyrrole nitrogens is 1. The molecule has 3 fully saturated rings. The summed E-state index contributed by atoms with van der Waals surface area (Å²) >= 11 is 1.80. The molecule has 0 bridgehead atoms. The molecule has 59 heavy (non-hydrogen) atoms. The highest BCUT2D eigenvalue weighted by atomic mass is 32.2. The molecule has 3 saturated heterocycles. The molecule has 1 aromatic heterocycles. The summed E-state index contributed by atoms with van der Waals surface area (Å²) in [5.74, 6) is 0.290. The number of ketones is 1. The summed E-state index contributed by atoms with van der Waals surface area (Å²) in [4.78, 5) is 65.7. The molecule has 2 N–H and O–H groups in total. The highest BCUT2D eigenvalue weighted by Gasteiger charge is 2.42. The lowest BCUT2D eigenvalue weighted by Crippen LogP contribution is -2.53. The largest absolute Gasteiger partial charge is 0.371 e. The molecule has 0 spiro atoms. The Balaban J connectivity index is 0.752. The van der Waals surface area contributed by atoms with Crippen molar-refractivity contribution >= 4 is 51.9 Å². The first-order chi connectivity index (χ1) is 28.5. The third-order valence-corrected chi connectivity index (χ3v) is 14.9. The lowest BCUT2D eigenvalue weighted by atomic mass is 9.70. The predicted octanol–water partition coefficient (Wildman–Crippen LogP) is 6.39. The van der Waals surface area contributed by atoms with Crippen LogP contribution in [0.4, 0.5) is 5.69 Å². The second kappa shape index (κ2) is 15.9. The molecule has 9 rings (SSSR count). The first kappa shape index (κ1) is 39.5. The minimum atomic E-state index is -0.589. The van der Waals surface area contributed by atoms with Crippen LogP contribution in [-0.4, -0.2) is 107 Å². The number of carbonyl (C=O) groups is 4. The quantitative estimate of drug-likeness (QED) is 0.106. The molecular formula is C47H53N7O4S. The summed E-state index contributed by atoms with van der Waals surface area (Å²) in [6.07, 6.45) is 5.99. The Morgan fingerprint density at radius 3 is 2.46 bits per heavy atom. The minimum Gasteiger partial charge on any atom is -0.371 e. The van der Waals surface area contributed by atoms with Gasteiger partial charge in [-0.1, -0.05) is 32.9 Å². The Morgan fingerprint density at radius 1 is 0.915 bits per heavy atom. The molecule has 1 unspecified atom stereocenters. The molecule has 1 aliphatic carbocycles. The number of piperidine rings is 2. The Labute approximate surface area is 350 Å². The summed E-state index contributed by atoms with van der Waals surface area (Å²) in [5.41, 5.74) is 8.75. The fourth-order valence-corrected chi connectivity index (χ4v) is 11.4. The van der Waals surface area contributed by atoms with Crippen LogP contribution in [0, 0.1) is 11.3 Å². The Morgan fingerprint density at radius 2 is 1.71 bits per heavy atom. The van der Waals surface area contributed by atoms with E-state index < -0.39 is 11.5 Å². The maximum atomic E-state index is 14.1. The standard InChI is InChI=1S/C47H53N7O4S/c1-4-30-25-34-36(47(2,3)44-42(43(34)56)33-11-10-29(27-48)24-37(33)49-44)26-39(30)53-17-14-31(15-18-53)52-21-19-51(20-22-52)16-5-6-23-59-40-9-7-8-32-35(40)28-54(46(32)58)38-12-13-41(55)50-45(38)57/h7-11,24-26,31,38,49H,4-6,12-23,28H2,1-3H3,(H,50,55,57). The van der Waals surface area contributed by atoms with E-state index in [1.165, 1.54) is 11.3 Å². The molecule has 3 amide bonds. The van der Waals surface area contributed by atoms with Crippen molar-refractivity contribution in [1.29, 1.82) is 5.26 Å². The van der Waals surface area contributed by atoms with Gasteiger partial charge < -0.3 is 19.7 Å². The molecular weight excluding hydrogens is 759 g/mol. The number of anilines is 1. The molecule has 306 valence electrons. The number of hydrogen-bond donors (Lipinski definition) is 2. The van der Waals surface area contributed by atoms with Crippen molar-refractivity contribution in [3.05, 3.63) is 93.2 Å². The van der Waals surface area contributed by atoms with Gasteiger partial charge in [-0.25, -0.2) is 0 Å². The first-order valence-electron chi connectivity index (χ1n) is 21.4. The van der Waals surface area contributed by atoms with Crippen molar-refractivity contribution in [2.45, 2.75) is 94.7 Å². The van der Waals surface area contributed by atoms with E-state index in [2.05, 4.69) is 70.0 Å². The van der Waals surface area contributed by atoms with Gasteiger partial charge in [0.1, 0.15) is 6.04 Å². The van der Waals surface area contributed by atoms with E-state index in [4.69, 9.17) is 0 Å². The Kier molecular flexibility index (Phi) is 10.6. The van der Waals surface area contributed by atoms with Gasteiger partial charge in [0.15, 0.2) is 5.78 Å². The van der Waals surface area contributed by atoms with Crippen molar-refractivity contribution in [3.63, 3.8) is 0 Å². The third kappa shape index (κ3) is 7.15. The highest BCUT2D eigenvalue weighted by molar-refractivity contribution is 7.99. The number of aromatic nitrogens is 1. The van der Waals surface area contributed by atoms with Crippen LogP contribution in [0.15, 0.2) is 53.4 Å². The highest BCUT2D eigenvalue weighted by Crippen LogP contribution is 2.46. The lowest BCUT2D eigenvalue weighted by molar-refractivity contribution is -0.136. The smallest absolute Gasteiger partial charge is 0.255 e. The van der Waals surface area contributed by atoms with Crippen LogP contribution < -0.4 is 10.2 Å². The number of nitrogens with one attached hydrogen (secondary N) is 2. The number of rotatable bonds is 10. The van der Waals surface area contributed by atoms with Crippen molar-refractivity contribution in [2.24, 2.45) is 0 Å². The van der Waals surface area contributed by atoms with E-state index in [1.54, 1.807) is 22.7 Å². The topological polar surface area (TPSA) is 133 Å². The molecule has 5 aliphatic rings. The monoisotopic (exact) mass is 811 g/mol. The second-order valence-corrected chi connectivity index (χ2v) is 18.6. The van der Waals surface area contributed by atoms with E-state index in [-0.39, 0.29) is 29.9 Å². The van der Waals surface area contributed by atoms with Gasteiger partial charge in [-0.15, -0.1) is 11.8 Å². The molecule has 5 heterocycles. The van der Waals surface area contributed by atoms with Gasteiger partial charge in [0.2, 0.25) is 11.8 Å². The normalized spacial score (nSPS) is 21.1. The molecule has 11 nitrogen and oxygen atoms in total. The van der Waals surface area contributed by atoms with Crippen molar-refractivity contribution in [1.82, 2.24) is 25.0 Å². The number of unbranched alkanes of at least 4 members (excludes halogenated alkanes) is 1. The second-order valence-electron chi connectivity index (χ2n) is 17.4. The van der Waals surface area contributed by atoms with E-state index in [0.717, 1.165) is 127 Å². The summed E-state index contributed by atoms with van der Waals surface area (Å²) in [7, 11) is 0. The van der Waals surface area contributed by atoms with Crippen molar-refractivity contribution in [2.75, 3.05) is 56.5 Å². The number of imide groups is 1. The summed E-state index contributed by atoms with van der Waals surface area (Å²) in [5, 5.41) is 12.8. The number of benzene rings is 3. The summed E-state index contributed by atoms with van der Waals surface area (Å²) in [6, 6.07) is 18.1. The number of nitriles is 1. The average Bonchev–Trinajstić information content (AvgIpc) is 3.81. The first-order valence-corrected chi connectivity index (χ1v) is 22.4. The Hall–Kier alpha value is -4.96. The van der Waals surface area contributed by atoms with E-state index in [9.17, 15) is 24.4 Å². The maximum absolute atomic E-state index is 14.1. The molecule has 0 radical (unpaired) electrons. The van der Waals surface area contributed by atoms with Gasteiger partial charge in [0.25, 0.3) is 5.91 Å². The summed E-state index contributed by atoms with van der Waals surface area (Å²) in [6.45, 7) is 14.5. The number of nitrogens with zero attached hydrogens (tertiary/aromatic N) is 5. The lowest BCUT2D eigenvalue weighted by Gasteiger charge is -2.44. The minimum absolute atomic E-state index is 0.0682. The van der Waals surface area contributed by atoms with Crippen molar-refractivity contribution in [3.8, 4) is 6.07 Å². The fourth-order valence-electron chi connectivity index (χ4n) is 10.3. The van der Waals surface area contributed by atoms with Gasteiger partial charge in [-0.2, -0.15) is 5.26 Å². The van der Waals surface area contributed by atoms with Gasteiger partial charge in [0, 0.05) is 102 Å². The number of hydrogen-bond acceptors (Lipinski definition) is 9. The van der Waals surface area contributed by atoms with Crippen LogP contribution in [0.2, 0.25) is 0 Å². The molecule has 12 heteroatoms. The van der Waals surface area contributed by atoms with E-state index in [0.29, 0.717) is 30.1 Å². The molecule has 1 atom stereocenters. The van der Waals surface area contributed by atoms with Crippen LogP contribution in [-0.2, 0) is 28.0 Å². The van der Waals surface area contributed by atoms with E-state index in [1.807, 2.05) is 24.3 Å². The zero-order valence-electron chi connectivity index (χ0n) is 34.4. The van der Waals surface area contributed by atoms with Crippen LogP contribution in [0.25, 0.3) is 10.9 Å². The van der Waals surface area contributed by atoms with Crippen LogP contribution in [0.5, 0.6) is 0 Å². The van der Waals surface area contributed by atoms with Crippen LogP contribution in [0.3, 0.4) is 0 Å². The number of fused-ring (bicyclic) bond motifs is 5. The van der Waals surface area contributed by atoms with Gasteiger partial charge in [-0.05, 0) is 104 Å². The zero-order valence-corrected chi connectivity index (χ0v) is 35.2. The number of carbonyl (C=O) groups excluding carboxylic acids is 4. The van der Waals surface area contributed by atoms with E-state index >= 15 is 0 Å².